The molecule has 0 radical (unpaired) electrons. The number of benzene rings is 1. The Kier molecular flexibility index (Phi) is 2.75. The quantitative estimate of drug-likeness (QED) is 0.642. The first kappa shape index (κ1) is 9.93. The molecule has 1 aliphatic heterocycles. The van der Waals surface area contributed by atoms with Crippen molar-refractivity contribution in [3.05, 3.63) is 30.3 Å². The molecule has 0 aliphatic carbocycles. The van der Waals surface area contributed by atoms with Crippen LogP contribution in [0.2, 0.25) is 12.6 Å². The summed E-state index contributed by atoms with van der Waals surface area (Å²) in [5.74, 6) is 0.834. The summed E-state index contributed by atoms with van der Waals surface area (Å²) in [6.45, 7) is 5.65. The number of hydrogen-bond donors (Lipinski definition) is 0. The maximum atomic E-state index is 6.06. The maximum absolute atomic E-state index is 6.06. The molecule has 1 fully saturated rings. The van der Waals surface area contributed by atoms with Crippen LogP contribution in [0.5, 0.6) is 0 Å². The normalized spacial score (nSPS) is 32.9. The first-order valence-electron chi connectivity index (χ1n) is 5.40. The second-order valence-corrected chi connectivity index (χ2v) is 8.28. The first-order chi connectivity index (χ1) is 6.71. The van der Waals surface area contributed by atoms with E-state index in [1.807, 2.05) is 0 Å². The van der Waals surface area contributed by atoms with Gasteiger partial charge in [-0.3, -0.25) is 0 Å². The fraction of sp³-hybridized carbons (Fsp3) is 0.500. The van der Waals surface area contributed by atoms with E-state index in [9.17, 15) is 0 Å². The van der Waals surface area contributed by atoms with Gasteiger partial charge in [0.25, 0.3) is 0 Å². The van der Waals surface area contributed by atoms with Crippen molar-refractivity contribution in [1.29, 1.82) is 0 Å². The Morgan fingerprint density at radius 3 is 2.64 bits per heavy atom. The molecule has 2 heteroatoms. The van der Waals surface area contributed by atoms with Crippen LogP contribution in [-0.2, 0) is 4.43 Å². The predicted molar refractivity (Wildman–Crippen MR) is 62.2 cm³/mol. The lowest BCUT2D eigenvalue weighted by Gasteiger charge is -2.35. The van der Waals surface area contributed by atoms with Crippen LogP contribution in [0.15, 0.2) is 30.3 Å². The number of rotatable bonds is 1. The summed E-state index contributed by atoms with van der Waals surface area (Å²) < 4.78 is 6.06. The Labute approximate surface area is 87.2 Å². The second-order valence-electron chi connectivity index (χ2n) is 4.54. The molecule has 1 aliphatic rings. The lowest BCUT2D eigenvalue weighted by Crippen LogP contribution is -2.51. The van der Waals surface area contributed by atoms with Gasteiger partial charge in [-0.15, -0.1) is 0 Å². The van der Waals surface area contributed by atoms with Crippen LogP contribution in [0, 0.1) is 5.92 Å². The van der Waals surface area contributed by atoms with Gasteiger partial charge in [0.1, 0.15) is 0 Å². The zero-order chi connectivity index (χ0) is 10.0. The van der Waals surface area contributed by atoms with E-state index in [1.165, 1.54) is 17.7 Å². The van der Waals surface area contributed by atoms with E-state index in [2.05, 4.69) is 43.8 Å². The van der Waals surface area contributed by atoms with Crippen molar-refractivity contribution in [3.63, 3.8) is 0 Å². The summed E-state index contributed by atoms with van der Waals surface area (Å²) in [5, 5.41) is 1.45. The average Bonchev–Trinajstić information content (AvgIpc) is 2.19. The highest BCUT2D eigenvalue weighted by atomic mass is 28.4. The van der Waals surface area contributed by atoms with Crippen LogP contribution in [0.25, 0.3) is 0 Å². The monoisotopic (exact) mass is 206 g/mol. The van der Waals surface area contributed by atoms with E-state index < -0.39 is 8.32 Å². The van der Waals surface area contributed by atoms with Gasteiger partial charge in [-0.2, -0.15) is 0 Å². The van der Waals surface area contributed by atoms with Crippen molar-refractivity contribution in [2.24, 2.45) is 5.92 Å². The largest absolute Gasteiger partial charge is 0.413 e. The molecule has 0 aromatic heterocycles. The summed E-state index contributed by atoms with van der Waals surface area (Å²) in [6, 6.07) is 12.0. The minimum Gasteiger partial charge on any atom is -0.413 e. The number of hydrogen-bond acceptors (Lipinski definition) is 1. The van der Waals surface area contributed by atoms with Crippen LogP contribution in [0.3, 0.4) is 0 Å². The molecule has 0 N–H and O–H groups in total. The highest BCUT2D eigenvalue weighted by molar-refractivity contribution is 6.85. The van der Waals surface area contributed by atoms with Gasteiger partial charge in [0.05, 0.1) is 0 Å². The molecule has 1 aromatic rings. The Bertz CT molecular complexity index is 298. The van der Waals surface area contributed by atoms with Crippen LogP contribution in [0.4, 0.5) is 0 Å². The van der Waals surface area contributed by atoms with Gasteiger partial charge in [0.15, 0.2) is 0 Å². The van der Waals surface area contributed by atoms with E-state index in [1.54, 1.807) is 0 Å². The van der Waals surface area contributed by atoms with Crippen LogP contribution >= 0.6 is 0 Å². The lowest BCUT2D eigenvalue weighted by molar-refractivity contribution is 0.248. The van der Waals surface area contributed by atoms with Crippen molar-refractivity contribution in [2.75, 3.05) is 6.61 Å². The van der Waals surface area contributed by atoms with Gasteiger partial charge < -0.3 is 4.43 Å². The highest BCUT2D eigenvalue weighted by Gasteiger charge is 2.36. The van der Waals surface area contributed by atoms with E-state index in [0.29, 0.717) is 0 Å². The van der Waals surface area contributed by atoms with E-state index in [4.69, 9.17) is 4.43 Å². The Balaban J connectivity index is 2.23. The lowest BCUT2D eigenvalue weighted by atomic mass is 10.1. The third-order valence-electron chi connectivity index (χ3n) is 3.15. The summed E-state index contributed by atoms with van der Waals surface area (Å²) in [7, 11) is -1.58. The third-order valence-corrected chi connectivity index (χ3v) is 7.03. The molecule has 1 aromatic carbocycles. The third kappa shape index (κ3) is 1.91. The SMILES string of the molecule is CC1CCO[Si](C)(c2ccccc2)C1. The topological polar surface area (TPSA) is 9.23 Å². The predicted octanol–water partition coefficient (Wildman–Crippen LogP) is 2.53. The van der Waals surface area contributed by atoms with E-state index >= 15 is 0 Å². The molecule has 1 nitrogen and oxygen atoms in total. The van der Waals surface area contributed by atoms with Crippen molar-refractivity contribution in [1.82, 2.24) is 0 Å². The average molecular weight is 206 g/mol. The molecule has 1 heterocycles. The highest BCUT2D eigenvalue weighted by Crippen LogP contribution is 2.26. The smallest absolute Gasteiger partial charge is 0.221 e. The summed E-state index contributed by atoms with van der Waals surface area (Å²) in [5.41, 5.74) is 0. The molecule has 0 bridgehead atoms. The van der Waals surface area contributed by atoms with Crippen molar-refractivity contribution >= 4 is 13.5 Å². The summed E-state index contributed by atoms with van der Waals surface area (Å²) in [4.78, 5) is 0. The summed E-state index contributed by atoms with van der Waals surface area (Å²) in [6.07, 6.45) is 1.23. The fourth-order valence-electron chi connectivity index (χ4n) is 2.30. The Morgan fingerprint density at radius 2 is 2.00 bits per heavy atom. The van der Waals surface area contributed by atoms with E-state index in [0.717, 1.165) is 12.5 Å². The van der Waals surface area contributed by atoms with Crippen molar-refractivity contribution in [3.8, 4) is 0 Å². The van der Waals surface area contributed by atoms with Crippen molar-refractivity contribution < 1.29 is 4.43 Å². The fourth-order valence-corrected chi connectivity index (χ4v) is 5.82. The molecule has 14 heavy (non-hydrogen) atoms. The molecule has 76 valence electrons. The van der Waals surface area contributed by atoms with Crippen molar-refractivity contribution in [2.45, 2.75) is 25.9 Å². The zero-order valence-electron chi connectivity index (χ0n) is 8.99. The van der Waals surface area contributed by atoms with Gasteiger partial charge in [0.2, 0.25) is 8.32 Å². The molecular formula is C12H18OSi. The molecule has 0 spiro atoms. The van der Waals surface area contributed by atoms with Crippen LogP contribution < -0.4 is 5.19 Å². The van der Waals surface area contributed by atoms with Gasteiger partial charge in [-0.1, -0.05) is 37.3 Å². The first-order valence-corrected chi connectivity index (χ1v) is 8.02. The Morgan fingerprint density at radius 1 is 1.29 bits per heavy atom. The molecule has 2 atom stereocenters. The molecule has 0 amide bonds. The van der Waals surface area contributed by atoms with Gasteiger partial charge in [0, 0.05) is 6.61 Å². The zero-order valence-corrected chi connectivity index (χ0v) is 9.99. The van der Waals surface area contributed by atoms with Gasteiger partial charge in [-0.25, -0.2) is 0 Å². The maximum Gasteiger partial charge on any atom is 0.221 e. The Hall–Kier alpha value is -0.603. The molecule has 0 saturated carbocycles. The molecule has 1 saturated heterocycles. The van der Waals surface area contributed by atoms with Crippen LogP contribution in [-0.4, -0.2) is 14.9 Å². The van der Waals surface area contributed by atoms with Gasteiger partial charge in [-0.05, 0) is 30.1 Å². The minimum absolute atomic E-state index is 0.834. The molecule has 2 unspecified atom stereocenters. The van der Waals surface area contributed by atoms with E-state index in [-0.39, 0.29) is 0 Å². The van der Waals surface area contributed by atoms with Gasteiger partial charge >= 0.3 is 0 Å². The molecule has 2 rings (SSSR count). The van der Waals surface area contributed by atoms with Crippen LogP contribution in [0.1, 0.15) is 13.3 Å². The minimum atomic E-state index is -1.58. The molecular weight excluding hydrogens is 188 g/mol. The second kappa shape index (κ2) is 3.87. The standard InChI is InChI=1S/C12H18OSi/c1-11-8-9-13-14(2,10-11)12-6-4-3-5-7-12/h3-7,11H,8-10H2,1-2H3. The summed E-state index contributed by atoms with van der Waals surface area (Å²) >= 11 is 0.